The van der Waals surface area contributed by atoms with E-state index in [2.05, 4.69) is 10.2 Å². The number of carbonyl (C=O) groups excluding carboxylic acids is 3. The van der Waals surface area contributed by atoms with E-state index >= 15 is 0 Å². The number of nitrogens with one attached hydrogen (secondary N) is 1. The molecule has 8 heteroatoms. The van der Waals surface area contributed by atoms with Crippen molar-refractivity contribution in [2.75, 3.05) is 44.6 Å². The van der Waals surface area contributed by atoms with E-state index in [1.54, 1.807) is 13.0 Å². The first-order valence-electron chi connectivity index (χ1n) is 10.5. The maximum absolute atomic E-state index is 12.8. The summed E-state index contributed by atoms with van der Waals surface area (Å²) >= 11 is 1.23. The molecular weight excluding hydrogens is 414 g/mol. The van der Waals surface area contributed by atoms with Crippen LogP contribution in [0.5, 0.6) is 0 Å². The fourth-order valence-electron chi connectivity index (χ4n) is 3.62. The number of hydrogen-bond acceptors (Lipinski definition) is 6. The molecule has 0 atom stereocenters. The number of thiophene rings is 1. The molecule has 0 spiro atoms. The summed E-state index contributed by atoms with van der Waals surface area (Å²) in [4.78, 5) is 41.7. The van der Waals surface area contributed by atoms with Crippen LogP contribution in [0.2, 0.25) is 0 Å². The van der Waals surface area contributed by atoms with Crippen molar-refractivity contribution in [1.82, 2.24) is 9.80 Å². The number of anilines is 1. The van der Waals surface area contributed by atoms with Crippen molar-refractivity contribution in [3.8, 4) is 0 Å². The molecule has 0 saturated carbocycles. The summed E-state index contributed by atoms with van der Waals surface area (Å²) in [6, 6.07) is 9.42. The maximum Gasteiger partial charge on any atom is 0.348 e. The van der Waals surface area contributed by atoms with Gasteiger partial charge in [0.1, 0.15) is 4.88 Å². The predicted molar refractivity (Wildman–Crippen MR) is 122 cm³/mol. The molecule has 3 rings (SSSR count). The molecule has 1 fully saturated rings. The molecule has 1 saturated heterocycles. The second-order valence-corrected chi connectivity index (χ2v) is 8.74. The molecule has 31 heavy (non-hydrogen) atoms. The highest BCUT2D eigenvalue weighted by atomic mass is 32.1. The van der Waals surface area contributed by atoms with E-state index in [0.29, 0.717) is 41.7 Å². The van der Waals surface area contributed by atoms with E-state index in [-0.39, 0.29) is 24.3 Å². The number of aryl methyl sites for hydroxylation is 2. The number of ether oxygens (including phenoxy) is 1. The Kier molecular flexibility index (Phi) is 7.81. The molecule has 1 aliphatic rings. The van der Waals surface area contributed by atoms with Crippen molar-refractivity contribution >= 4 is 34.1 Å². The third-order valence-electron chi connectivity index (χ3n) is 5.15. The lowest BCUT2D eigenvalue weighted by atomic mass is 10.1. The van der Waals surface area contributed by atoms with Crippen LogP contribution in [0.1, 0.15) is 44.5 Å². The number of rotatable bonds is 6. The molecule has 0 unspecified atom stereocenters. The van der Waals surface area contributed by atoms with Gasteiger partial charge in [-0.05, 0) is 51.0 Å². The first-order valence-corrected chi connectivity index (χ1v) is 11.3. The van der Waals surface area contributed by atoms with Crippen molar-refractivity contribution in [2.45, 2.75) is 27.2 Å². The van der Waals surface area contributed by atoms with E-state index < -0.39 is 0 Å². The van der Waals surface area contributed by atoms with E-state index in [1.165, 1.54) is 11.3 Å². The van der Waals surface area contributed by atoms with Crippen molar-refractivity contribution in [2.24, 2.45) is 0 Å². The SMILES string of the molecule is CCOC(=O)c1sc(NC(=O)CN2CCCN(C(=O)c3cccc(C)c3)CC2)cc1C. The first-order chi connectivity index (χ1) is 14.9. The summed E-state index contributed by atoms with van der Waals surface area (Å²) in [5.74, 6) is -0.456. The predicted octanol–water partition coefficient (Wildman–Crippen LogP) is 3.33. The van der Waals surface area contributed by atoms with Gasteiger partial charge in [-0.1, -0.05) is 17.7 Å². The van der Waals surface area contributed by atoms with Gasteiger partial charge in [0, 0.05) is 31.7 Å². The monoisotopic (exact) mass is 443 g/mol. The lowest BCUT2D eigenvalue weighted by Crippen LogP contribution is -2.38. The molecule has 1 aromatic heterocycles. The van der Waals surface area contributed by atoms with Gasteiger partial charge in [-0.15, -0.1) is 11.3 Å². The van der Waals surface area contributed by atoms with Crippen LogP contribution in [0, 0.1) is 13.8 Å². The summed E-state index contributed by atoms with van der Waals surface area (Å²) < 4.78 is 5.05. The minimum atomic E-state index is -0.364. The summed E-state index contributed by atoms with van der Waals surface area (Å²) in [6.45, 7) is 8.79. The standard InChI is InChI=1S/C23H29N3O4S/c1-4-30-23(29)21-17(3)14-20(31-21)24-19(27)15-25-9-6-10-26(12-11-25)22(28)18-8-5-7-16(2)13-18/h5,7-8,13-14H,4,6,9-12,15H2,1-3H3,(H,24,27). The van der Waals surface area contributed by atoms with Crippen molar-refractivity contribution in [3.63, 3.8) is 0 Å². The van der Waals surface area contributed by atoms with Gasteiger partial charge in [0.2, 0.25) is 5.91 Å². The highest BCUT2D eigenvalue weighted by molar-refractivity contribution is 7.18. The summed E-state index contributed by atoms with van der Waals surface area (Å²) in [5.41, 5.74) is 2.56. The van der Waals surface area contributed by atoms with E-state index in [1.807, 2.05) is 43.0 Å². The maximum atomic E-state index is 12.8. The molecule has 0 radical (unpaired) electrons. The van der Waals surface area contributed by atoms with Crippen LogP contribution in [-0.2, 0) is 9.53 Å². The summed E-state index contributed by atoms with van der Waals surface area (Å²) in [7, 11) is 0. The lowest BCUT2D eigenvalue weighted by molar-refractivity contribution is -0.117. The minimum Gasteiger partial charge on any atom is -0.462 e. The number of amides is 2. The Morgan fingerprint density at radius 1 is 1.10 bits per heavy atom. The highest BCUT2D eigenvalue weighted by Gasteiger charge is 2.22. The minimum absolute atomic E-state index is 0.0376. The van der Waals surface area contributed by atoms with Crippen LogP contribution in [0.4, 0.5) is 5.00 Å². The van der Waals surface area contributed by atoms with Gasteiger partial charge < -0.3 is 15.0 Å². The highest BCUT2D eigenvalue weighted by Crippen LogP contribution is 2.27. The topological polar surface area (TPSA) is 79.0 Å². The Labute approximate surface area is 187 Å². The Morgan fingerprint density at radius 3 is 2.65 bits per heavy atom. The van der Waals surface area contributed by atoms with Crippen LogP contribution in [0.25, 0.3) is 0 Å². The van der Waals surface area contributed by atoms with Gasteiger partial charge in [-0.25, -0.2) is 4.79 Å². The molecule has 0 bridgehead atoms. The molecule has 2 heterocycles. The normalized spacial score (nSPS) is 14.7. The van der Waals surface area contributed by atoms with Gasteiger partial charge in [0.25, 0.3) is 5.91 Å². The zero-order chi connectivity index (χ0) is 22.4. The lowest BCUT2D eigenvalue weighted by Gasteiger charge is -2.22. The third-order valence-corrected chi connectivity index (χ3v) is 6.28. The molecule has 0 aliphatic carbocycles. The first kappa shape index (κ1) is 23.0. The molecule has 1 aromatic carbocycles. The number of esters is 1. The van der Waals surface area contributed by atoms with Crippen LogP contribution >= 0.6 is 11.3 Å². The molecule has 7 nitrogen and oxygen atoms in total. The molecule has 1 N–H and O–H groups in total. The molecule has 1 aliphatic heterocycles. The number of benzene rings is 1. The second kappa shape index (κ2) is 10.5. The summed E-state index contributed by atoms with van der Waals surface area (Å²) in [5, 5.41) is 3.52. The quantitative estimate of drug-likeness (QED) is 0.693. The van der Waals surface area contributed by atoms with Crippen LogP contribution in [-0.4, -0.2) is 66.9 Å². The number of nitrogens with zero attached hydrogens (tertiary/aromatic N) is 2. The van der Waals surface area contributed by atoms with E-state index in [9.17, 15) is 14.4 Å². The summed E-state index contributed by atoms with van der Waals surface area (Å²) in [6.07, 6.45) is 0.815. The van der Waals surface area contributed by atoms with Crippen molar-refractivity contribution < 1.29 is 19.1 Å². The second-order valence-electron chi connectivity index (χ2n) is 7.68. The fraction of sp³-hybridized carbons (Fsp3) is 0.435. The van der Waals surface area contributed by atoms with Gasteiger partial charge in [0.15, 0.2) is 0 Å². The zero-order valence-electron chi connectivity index (χ0n) is 18.3. The van der Waals surface area contributed by atoms with Gasteiger partial charge in [0.05, 0.1) is 18.2 Å². The van der Waals surface area contributed by atoms with E-state index in [0.717, 1.165) is 24.1 Å². The van der Waals surface area contributed by atoms with Crippen molar-refractivity contribution in [1.29, 1.82) is 0 Å². The molecule has 166 valence electrons. The van der Waals surface area contributed by atoms with Gasteiger partial charge in [-0.3, -0.25) is 14.5 Å². The van der Waals surface area contributed by atoms with E-state index in [4.69, 9.17) is 4.74 Å². The fourth-order valence-corrected chi connectivity index (χ4v) is 4.60. The van der Waals surface area contributed by atoms with Crippen LogP contribution in [0.15, 0.2) is 30.3 Å². The van der Waals surface area contributed by atoms with Crippen molar-refractivity contribution in [3.05, 3.63) is 51.9 Å². The third kappa shape index (κ3) is 6.15. The number of carbonyl (C=O) groups is 3. The number of hydrogen-bond donors (Lipinski definition) is 1. The average Bonchev–Trinajstić information content (AvgIpc) is 2.94. The largest absolute Gasteiger partial charge is 0.462 e. The van der Waals surface area contributed by atoms with Crippen LogP contribution in [0.3, 0.4) is 0 Å². The Hall–Kier alpha value is -2.71. The molecular formula is C23H29N3O4S. The van der Waals surface area contributed by atoms with Crippen LogP contribution < -0.4 is 5.32 Å². The zero-order valence-corrected chi connectivity index (χ0v) is 19.1. The Balaban J connectivity index is 1.53. The average molecular weight is 444 g/mol. The Morgan fingerprint density at radius 2 is 1.90 bits per heavy atom. The molecule has 2 amide bonds. The Bertz CT molecular complexity index is 956. The van der Waals surface area contributed by atoms with Gasteiger partial charge in [-0.2, -0.15) is 0 Å². The smallest absolute Gasteiger partial charge is 0.348 e. The van der Waals surface area contributed by atoms with Gasteiger partial charge >= 0.3 is 5.97 Å². The molecule has 2 aromatic rings.